The molecule has 128 valence electrons. The van der Waals surface area contributed by atoms with E-state index in [0.29, 0.717) is 0 Å². The van der Waals surface area contributed by atoms with Gasteiger partial charge in [0.2, 0.25) is 0 Å². The summed E-state index contributed by atoms with van der Waals surface area (Å²) in [7, 11) is 0. The highest BCUT2D eigenvalue weighted by Gasteiger charge is 2.20. The van der Waals surface area contributed by atoms with Crippen molar-refractivity contribution in [1.82, 2.24) is 0 Å². The highest BCUT2D eigenvalue weighted by atomic mass is 32.2. The number of para-hydroxylation sites is 3. The van der Waals surface area contributed by atoms with E-state index in [1.807, 2.05) is 0 Å². The third kappa shape index (κ3) is 3.86. The van der Waals surface area contributed by atoms with Gasteiger partial charge in [-0.3, -0.25) is 0 Å². The largest absolute Gasteiger partial charge is 0.307 e. The summed E-state index contributed by atoms with van der Waals surface area (Å²) < 4.78 is 0. The molecular formula is C21H21NS3. The van der Waals surface area contributed by atoms with Crippen LogP contribution in [0.25, 0.3) is 0 Å². The molecule has 25 heavy (non-hydrogen) atoms. The number of thioether (sulfide) groups is 3. The first kappa shape index (κ1) is 18.3. The maximum absolute atomic E-state index is 2.39. The SMILES string of the molecule is CSc1ccccc1N(c1ccccc1SC)c1ccccc1SC. The van der Waals surface area contributed by atoms with Gasteiger partial charge in [0.25, 0.3) is 0 Å². The second-order valence-electron chi connectivity index (χ2n) is 5.35. The van der Waals surface area contributed by atoms with Crippen molar-refractivity contribution in [3.8, 4) is 0 Å². The number of hydrogen-bond acceptors (Lipinski definition) is 4. The van der Waals surface area contributed by atoms with E-state index in [2.05, 4.69) is 96.5 Å². The lowest BCUT2D eigenvalue weighted by molar-refractivity contribution is 1.16. The molecule has 0 unspecified atom stereocenters. The van der Waals surface area contributed by atoms with Crippen LogP contribution in [0.4, 0.5) is 17.1 Å². The molecule has 0 aromatic heterocycles. The van der Waals surface area contributed by atoms with Crippen molar-refractivity contribution in [2.75, 3.05) is 23.7 Å². The van der Waals surface area contributed by atoms with Crippen molar-refractivity contribution in [3.63, 3.8) is 0 Å². The number of nitrogens with zero attached hydrogens (tertiary/aromatic N) is 1. The van der Waals surface area contributed by atoms with Gasteiger partial charge in [-0.25, -0.2) is 0 Å². The standard InChI is InChI=1S/C21H21NS3/c1-23-19-13-7-4-10-16(19)22(17-11-5-8-14-20(17)24-2)18-12-6-9-15-21(18)25-3/h4-15H,1-3H3. The lowest BCUT2D eigenvalue weighted by Gasteiger charge is -2.30. The zero-order chi connectivity index (χ0) is 17.6. The Bertz CT molecular complexity index is 735. The van der Waals surface area contributed by atoms with Crippen LogP contribution in [0.15, 0.2) is 87.5 Å². The van der Waals surface area contributed by atoms with Crippen molar-refractivity contribution in [3.05, 3.63) is 72.8 Å². The Morgan fingerprint density at radius 2 is 0.760 bits per heavy atom. The predicted octanol–water partition coefficient (Wildman–Crippen LogP) is 7.32. The highest BCUT2D eigenvalue weighted by molar-refractivity contribution is 7.99. The van der Waals surface area contributed by atoms with E-state index in [-0.39, 0.29) is 0 Å². The molecule has 0 N–H and O–H groups in total. The molecule has 0 fully saturated rings. The van der Waals surface area contributed by atoms with Gasteiger partial charge in [0.15, 0.2) is 0 Å². The number of benzene rings is 3. The van der Waals surface area contributed by atoms with Gasteiger partial charge < -0.3 is 4.90 Å². The molecule has 0 aliphatic rings. The molecule has 0 atom stereocenters. The third-order valence-corrected chi connectivity index (χ3v) is 6.33. The number of hydrogen-bond donors (Lipinski definition) is 0. The van der Waals surface area contributed by atoms with Crippen LogP contribution in [0.5, 0.6) is 0 Å². The Labute approximate surface area is 163 Å². The van der Waals surface area contributed by atoms with Crippen molar-refractivity contribution < 1.29 is 0 Å². The highest BCUT2D eigenvalue weighted by Crippen LogP contribution is 2.45. The maximum Gasteiger partial charge on any atom is 0.0598 e. The second-order valence-corrected chi connectivity index (χ2v) is 7.90. The van der Waals surface area contributed by atoms with Crippen LogP contribution in [0.1, 0.15) is 0 Å². The topological polar surface area (TPSA) is 3.24 Å². The first-order valence-corrected chi connectivity index (χ1v) is 11.7. The molecule has 1 nitrogen and oxygen atoms in total. The van der Waals surface area contributed by atoms with E-state index < -0.39 is 0 Å². The van der Waals surface area contributed by atoms with Crippen LogP contribution in [-0.4, -0.2) is 18.8 Å². The molecule has 0 aliphatic carbocycles. The monoisotopic (exact) mass is 383 g/mol. The zero-order valence-corrected chi connectivity index (χ0v) is 17.0. The molecule has 0 spiro atoms. The van der Waals surface area contributed by atoms with E-state index >= 15 is 0 Å². The van der Waals surface area contributed by atoms with Crippen LogP contribution in [0.2, 0.25) is 0 Å². The van der Waals surface area contributed by atoms with Gasteiger partial charge in [-0.1, -0.05) is 36.4 Å². The van der Waals surface area contributed by atoms with Crippen LogP contribution in [0.3, 0.4) is 0 Å². The average Bonchev–Trinajstić information content (AvgIpc) is 2.69. The molecule has 3 aromatic rings. The summed E-state index contributed by atoms with van der Waals surface area (Å²) in [6, 6.07) is 25.9. The smallest absolute Gasteiger partial charge is 0.0598 e. The molecular weight excluding hydrogens is 362 g/mol. The fraction of sp³-hybridized carbons (Fsp3) is 0.143. The Balaban J connectivity index is 2.29. The van der Waals surface area contributed by atoms with Crippen molar-refractivity contribution in [2.24, 2.45) is 0 Å². The second kappa shape index (κ2) is 8.75. The summed E-state index contributed by atoms with van der Waals surface area (Å²) in [5, 5.41) is 0. The quantitative estimate of drug-likeness (QED) is 0.410. The summed E-state index contributed by atoms with van der Waals surface area (Å²) in [5.41, 5.74) is 3.66. The van der Waals surface area contributed by atoms with E-state index in [9.17, 15) is 0 Å². The molecule has 0 saturated heterocycles. The summed E-state index contributed by atoms with van der Waals surface area (Å²) in [6.07, 6.45) is 6.41. The molecule has 3 aromatic carbocycles. The van der Waals surface area contributed by atoms with Crippen molar-refractivity contribution >= 4 is 52.3 Å². The molecule has 4 heteroatoms. The Hall–Kier alpha value is -1.49. The fourth-order valence-corrected chi connectivity index (χ4v) is 4.58. The van der Waals surface area contributed by atoms with Crippen LogP contribution in [0, 0.1) is 0 Å². The van der Waals surface area contributed by atoms with Crippen LogP contribution < -0.4 is 4.90 Å². The molecule has 3 rings (SSSR count). The van der Waals surface area contributed by atoms with Gasteiger partial charge in [0, 0.05) is 14.7 Å². The summed E-state index contributed by atoms with van der Waals surface area (Å²) in [5.74, 6) is 0. The minimum Gasteiger partial charge on any atom is -0.307 e. The van der Waals surface area contributed by atoms with Gasteiger partial charge in [-0.15, -0.1) is 35.3 Å². The number of rotatable bonds is 6. The Morgan fingerprint density at radius 3 is 1.04 bits per heavy atom. The minimum atomic E-state index is 1.22. The first-order chi connectivity index (χ1) is 12.3. The van der Waals surface area contributed by atoms with Gasteiger partial charge >= 0.3 is 0 Å². The number of anilines is 3. The molecule has 0 aliphatic heterocycles. The summed E-state index contributed by atoms with van der Waals surface area (Å²) >= 11 is 5.35. The lowest BCUT2D eigenvalue weighted by atomic mass is 10.2. The molecule has 0 saturated carbocycles. The van der Waals surface area contributed by atoms with Gasteiger partial charge in [0.1, 0.15) is 0 Å². The van der Waals surface area contributed by atoms with Gasteiger partial charge in [-0.2, -0.15) is 0 Å². The van der Waals surface area contributed by atoms with E-state index in [0.717, 1.165) is 0 Å². The fourth-order valence-electron chi connectivity index (χ4n) is 2.83. The van der Waals surface area contributed by atoms with Gasteiger partial charge in [0.05, 0.1) is 17.1 Å². The molecule has 0 heterocycles. The molecule has 0 radical (unpaired) electrons. The average molecular weight is 384 g/mol. The van der Waals surface area contributed by atoms with E-state index in [1.165, 1.54) is 31.7 Å². The maximum atomic E-state index is 2.39. The van der Waals surface area contributed by atoms with Crippen molar-refractivity contribution in [1.29, 1.82) is 0 Å². The Morgan fingerprint density at radius 1 is 0.480 bits per heavy atom. The van der Waals surface area contributed by atoms with Gasteiger partial charge in [-0.05, 0) is 55.2 Å². The van der Waals surface area contributed by atoms with Crippen LogP contribution in [-0.2, 0) is 0 Å². The summed E-state index contributed by atoms with van der Waals surface area (Å²) in [6.45, 7) is 0. The van der Waals surface area contributed by atoms with E-state index in [4.69, 9.17) is 0 Å². The van der Waals surface area contributed by atoms with Crippen LogP contribution >= 0.6 is 35.3 Å². The minimum absolute atomic E-state index is 1.22. The normalized spacial score (nSPS) is 10.7. The third-order valence-electron chi connectivity index (χ3n) is 3.98. The van der Waals surface area contributed by atoms with E-state index in [1.54, 1.807) is 35.3 Å². The lowest BCUT2D eigenvalue weighted by Crippen LogP contribution is -2.12. The Kier molecular flexibility index (Phi) is 6.40. The predicted molar refractivity (Wildman–Crippen MR) is 116 cm³/mol. The van der Waals surface area contributed by atoms with Crippen molar-refractivity contribution in [2.45, 2.75) is 14.7 Å². The summed E-state index contributed by atoms with van der Waals surface area (Å²) in [4.78, 5) is 6.21. The molecule has 0 bridgehead atoms. The zero-order valence-electron chi connectivity index (χ0n) is 14.6. The molecule has 0 amide bonds. The first-order valence-electron chi connectivity index (χ1n) is 7.99.